The zero-order chi connectivity index (χ0) is 13.7. The summed E-state index contributed by atoms with van der Waals surface area (Å²) in [6, 6.07) is 13.4. The van der Waals surface area contributed by atoms with Crippen LogP contribution in [0.2, 0.25) is 0 Å². The molecule has 0 spiro atoms. The first kappa shape index (κ1) is 14.6. The highest BCUT2D eigenvalue weighted by Crippen LogP contribution is 2.25. The van der Waals surface area contributed by atoms with Gasteiger partial charge in [-0.3, -0.25) is 0 Å². The van der Waals surface area contributed by atoms with Crippen molar-refractivity contribution in [2.75, 3.05) is 7.05 Å². The molecule has 1 nitrogen and oxygen atoms in total. The van der Waals surface area contributed by atoms with Crippen molar-refractivity contribution < 1.29 is 4.39 Å². The predicted octanol–water partition coefficient (Wildman–Crippen LogP) is 4.60. The molecule has 0 aliphatic rings. The third-order valence-electron chi connectivity index (χ3n) is 2.61. The summed E-state index contributed by atoms with van der Waals surface area (Å²) >= 11 is 5.03. The summed E-state index contributed by atoms with van der Waals surface area (Å²) in [4.78, 5) is 1.20. The van der Waals surface area contributed by atoms with Crippen LogP contribution in [-0.2, 0) is 12.3 Å². The zero-order valence-corrected chi connectivity index (χ0v) is 13.0. The summed E-state index contributed by atoms with van der Waals surface area (Å²) in [5, 5.41) is 3.13. The first-order valence-corrected chi connectivity index (χ1v) is 7.76. The normalized spacial score (nSPS) is 10.7. The highest BCUT2D eigenvalue weighted by atomic mass is 79.9. The Kier molecular flexibility index (Phi) is 5.43. The van der Waals surface area contributed by atoms with E-state index in [1.807, 2.05) is 13.1 Å². The minimum Gasteiger partial charge on any atom is -0.316 e. The number of halogens is 2. The summed E-state index contributed by atoms with van der Waals surface area (Å²) in [5.41, 5.74) is 2.24. The molecular weight excluding hydrogens is 325 g/mol. The number of nitrogens with one attached hydrogen (secondary N) is 1. The molecular formula is C15H15BrFNS. The lowest BCUT2D eigenvalue weighted by Gasteiger charge is -2.06. The molecule has 2 rings (SSSR count). The number of thioether (sulfide) groups is 1. The van der Waals surface area contributed by atoms with Crippen LogP contribution in [0.25, 0.3) is 0 Å². The van der Waals surface area contributed by atoms with Crippen LogP contribution in [0, 0.1) is 5.82 Å². The summed E-state index contributed by atoms with van der Waals surface area (Å²) < 4.78 is 14.1. The first-order valence-electron chi connectivity index (χ1n) is 5.98. The number of benzene rings is 2. The van der Waals surface area contributed by atoms with Gasteiger partial charge in [0.05, 0.1) is 0 Å². The largest absolute Gasteiger partial charge is 0.316 e. The van der Waals surface area contributed by atoms with Gasteiger partial charge < -0.3 is 5.32 Å². The fraction of sp³-hybridized carbons (Fsp3) is 0.200. The maximum absolute atomic E-state index is 13.3. The van der Waals surface area contributed by atoms with Gasteiger partial charge >= 0.3 is 0 Å². The van der Waals surface area contributed by atoms with Crippen molar-refractivity contribution in [1.82, 2.24) is 5.32 Å². The molecule has 100 valence electrons. The lowest BCUT2D eigenvalue weighted by atomic mass is 10.2. The van der Waals surface area contributed by atoms with Crippen molar-refractivity contribution in [2.24, 2.45) is 0 Å². The van der Waals surface area contributed by atoms with Crippen LogP contribution in [0.5, 0.6) is 0 Å². The maximum atomic E-state index is 13.3. The summed E-state index contributed by atoms with van der Waals surface area (Å²) in [6.45, 7) is 0.861. The standard InChI is InChI=1S/C15H15BrFNS/c1-18-9-11-3-2-4-15(7-11)19-10-12-5-13(16)8-14(17)6-12/h2-8,18H,9-10H2,1H3. The van der Waals surface area contributed by atoms with Crippen molar-refractivity contribution in [3.8, 4) is 0 Å². The third kappa shape index (κ3) is 4.64. The molecule has 1 N–H and O–H groups in total. The number of hydrogen-bond donors (Lipinski definition) is 1. The Bertz CT molecular complexity index is 539. The topological polar surface area (TPSA) is 12.0 Å². The van der Waals surface area contributed by atoms with E-state index in [9.17, 15) is 4.39 Å². The van der Waals surface area contributed by atoms with Crippen LogP contribution in [0.1, 0.15) is 11.1 Å². The van der Waals surface area contributed by atoms with E-state index in [1.165, 1.54) is 16.5 Å². The predicted molar refractivity (Wildman–Crippen MR) is 82.9 cm³/mol. The smallest absolute Gasteiger partial charge is 0.124 e. The van der Waals surface area contributed by atoms with Crippen LogP contribution in [0.4, 0.5) is 4.39 Å². The van der Waals surface area contributed by atoms with E-state index in [1.54, 1.807) is 17.8 Å². The van der Waals surface area contributed by atoms with Gasteiger partial charge in [0.1, 0.15) is 5.82 Å². The molecule has 0 aromatic heterocycles. The van der Waals surface area contributed by atoms with Crippen LogP contribution in [0.15, 0.2) is 51.8 Å². The number of hydrogen-bond acceptors (Lipinski definition) is 2. The van der Waals surface area contributed by atoms with Gasteiger partial charge in [-0.15, -0.1) is 11.8 Å². The maximum Gasteiger partial charge on any atom is 0.124 e. The molecule has 2 aromatic rings. The molecule has 0 bridgehead atoms. The molecule has 0 aliphatic carbocycles. The Morgan fingerprint density at radius 3 is 2.74 bits per heavy atom. The van der Waals surface area contributed by atoms with Crippen molar-refractivity contribution in [2.45, 2.75) is 17.2 Å². The molecule has 4 heteroatoms. The van der Waals surface area contributed by atoms with E-state index in [0.717, 1.165) is 22.3 Å². The molecule has 0 unspecified atom stereocenters. The number of rotatable bonds is 5. The monoisotopic (exact) mass is 339 g/mol. The van der Waals surface area contributed by atoms with E-state index in [4.69, 9.17) is 0 Å². The molecule has 0 atom stereocenters. The van der Waals surface area contributed by atoms with Gasteiger partial charge in [0, 0.05) is 21.7 Å². The Morgan fingerprint density at radius 2 is 2.00 bits per heavy atom. The molecule has 0 aliphatic heterocycles. The summed E-state index contributed by atoms with van der Waals surface area (Å²) in [5.74, 6) is 0.563. The average Bonchev–Trinajstić information content (AvgIpc) is 2.36. The van der Waals surface area contributed by atoms with E-state index >= 15 is 0 Å². The fourth-order valence-electron chi connectivity index (χ4n) is 1.81. The summed E-state index contributed by atoms with van der Waals surface area (Å²) in [7, 11) is 1.93. The van der Waals surface area contributed by atoms with Gasteiger partial charge in [0.15, 0.2) is 0 Å². The Labute approximate surface area is 125 Å². The van der Waals surface area contributed by atoms with Crippen molar-refractivity contribution in [3.63, 3.8) is 0 Å². The second kappa shape index (κ2) is 7.08. The lowest BCUT2D eigenvalue weighted by Crippen LogP contribution is -2.04. The molecule has 2 aromatic carbocycles. The van der Waals surface area contributed by atoms with E-state index in [0.29, 0.717) is 0 Å². The quantitative estimate of drug-likeness (QED) is 0.799. The average molecular weight is 340 g/mol. The minimum absolute atomic E-state index is 0.200. The SMILES string of the molecule is CNCc1cccc(SCc2cc(F)cc(Br)c2)c1. The van der Waals surface area contributed by atoms with Crippen molar-refractivity contribution in [1.29, 1.82) is 0 Å². The molecule has 0 fully saturated rings. The Hall–Kier alpha value is -0.840. The van der Waals surface area contributed by atoms with Gasteiger partial charge in [0.2, 0.25) is 0 Å². The first-order chi connectivity index (χ1) is 9.17. The van der Waals surface area contributed by atoms with Gasteiger partial charge in [-0.05, 0) is 48.5 Å². The van der Waals surface area contributed by atoms with E-state index < -0.39 is 0 Å². The van der Waals surface area contributed by atoms with Crippen LogP contribution >= 0.6 is 27.7 Å². The van der Waals surface area contributed by atoms with Crippen molar-refractivity contribution in [3.05, 3.63) is 63.9 Å². The molecule has 0 radical (unpaired) electrons. The highest BCUT2D eigenvalue weighted by molar-refractivity contribution is 9.10. The summed E-state index contributed by atoms with van der Waals surface area (Å²) in [6.07, 6.45) is 0. The Balaban J connectivity index is 2.03. The molecule has 0 saturated carbocycles. The van der Waals surface area contributed by atoms with Gasteiger partial charge in [-0.1, -0.05) is 28.1 Å². The third-order valence-corrected chi connectivity index (χ3v) is 4.13. The fourth-order valence-corrected chi connectivity index (χ4v) is 3.23. The molecule has 19 heavy (non-hydrogen) atoms. The Morgan fingerprint density at radius 1 is 1.16 bits per heavy atom. The van der Waals surface area contributed by atoms with Crippen LogP contribution in [-0.4, -0.2) is 7.05 Å². The molecule has 0 saturated heterocycles. The van der Waals surface area contributed by atoms with Crippen LogP contribution in [0.3, 0.4) is 0 Å². The highest BCUT2D eigenvalue weighted by Gasteiger charge is 2.01. The second-order valence-corrected chi connectivity index (χ2v) is 6.21. The zero-order valence-electron chi connectivity index (χ0n) is 10.6. The van der Waals surface area contributed by atoms with Gasteiger partial charge in [0.25, 0.3) is 0 Å². The molecule has 0 heterocycles. The van der Waals surface area contributed by atoms with Gasteiger partial charge in [-0.2, -0.15) is 0 Å². The van der Waals surface area contributed by atoms with Crippen molar-refractivity contribution >= 4 is 27.7 Å². The minimum atomic E-state index is -0.200. The van der Waals surface area contributed by atoms with E-state index in [2.05, 4.69) is 45.5 Å². The van der Waals surface area contributed by atoms with E-state index in [-0.39, 0.29) is 5.82 Å². The second-order valence-electron chi connectivity index (χ2n) is 4.24. The van der Waals surface area contributed by atoms with Crippen LogP contribution < -0.4 is 5.32 Å². The lowest BCUT2D eigenvalue weighted by molar-refractivity contribution is 0.625. The van der Waals surface area contributed by atoms with Gasteiger partial charge in [-0.25, -0.2) is 4.39 Å². The molecule has 0 amide bonds.